The van der Waals surface area contributed by atoms with Gasteiger partial charge in [0.05, 0.1) is 0 Å². The zero-order chi connectivity index (χ0) is 13.7. The Morgan fingerprint density at radius 3 is 2.68 bits per heavy atom. The molecule has 112 valence electrons. The second kappa shape index (κ2) is 7.61. The highest BCUT2D eigenvalue weighted by Crippen LogP contribution is 2.17. The van der Waals surface area contributed by atoms with Gasteiger partial charge >= 0.3 is 0 Å². The van der Waals surface area contributed by atoms with E-state index in [0.29, 0.717) is 6.04 Å². The van der Waals surface area contributed by atoms with Gasteiger partial charge in [-0.15, -0.1) is 0 Å². The maximum absolute atomic E-state index is 3.67. The Labute approximate surface area is 119 Å². The van der Waals surface area contributed by atoms with Crippen LogP contribution in [0.15, 0.2) is 0 Å². The standard InChI is InChI=1S/C16H33N3/c1-14(2)17-16-8-12-18(13-16)9-6-11-19-10-5-4-7-15(19)3/h14-17H,4-13H2,1-3H3. The van der Waals surface area contributed by atoms with Crippen molar-refractivity contribution in [3.05, 3.63) is 0 Å². The van der Waals surface area contributed by atoms with Gasteiger partial charge < -0.3 is 15.1 Å². The number of rotatable bonds is 6. The van der Waals surface area contributed by atoms with Crippen molar-refractivity contribution in [2.24, 2.45) is 0 Å². The lowest BCUT2D eigenvalue weighted by Crippen LogP contribution is -2.40. The first-order valence-corrected chi connectivity index (χ1v) is 8.37. The van der Waals surface area contributed by atoms with Crippen LogP contribution in [0.3, 0.4) is 0 Å². The van der Waals surface area contributed by atoms with E-state index in [1.807, 2.05) is 0 Å². The summed E-state index contributed by atoms with van der Waals surface area (Å²) in [5, 5.41) is 3.67. The number of hydrogen-bond donors (Lipinski definition) is 1. The lowest BCUT2D eigenvalue weighted by molar-refractivity contribution is 0.152. The molecule has 0 bridgehead atoms. The van der Waals surface area contributed by atoms with Crippen molar-refractivity contribution in [3.63, 3.8) is 0 Å². The normalized spacial score (nSPS) is 30.3. The van der Waals surface area contributed by atoms with Crippen LogP contribution in [0.2, 0.25) is 0 Å². The molecule has 2 unspecified atom stereocenters. The summed E-state index contributed by atoms with van der Waals surface area (Å²) in [6.45, 7) is 13.4. The molecular formula is C16H33N3. The molecule has 0 aromatic rings. The third kappa shape index (κ3) is 5.05. The molecule has 2 atom stereocenters. The first-order chi connectivity index (χ1) is 9.15. The SMILES string of the molecule is CC(C)NC1CCN(CCCN2CCCCC2C)C1. The van der Waals surface area contributed by atoms with Gasteiger partial charge in [-0.3, -0.25) is 0 Å². The Kier molecular flexibility index (Phi) is 6.11. The van der Waals surface area contributed by atoms with Gasteiger partial charge in [0.1, 0.15) is 0 Å². The molecule has 3 nitrogen and oxygen atoms in total. The van der Waals surface area contributed by atoms with Crippen LogP contribution in [0.4, 0.5) is 0 Å². The lowest BCUT2D eigenvalue weighted by Gasteiger charge is -2.33. The van der Waals surface area contributed by atoms with Crippen molar-refractivity contribution >= 4 is 0 Å². The summed E-state index contributed by atoms with van der Waals surface area (Å²) >= 11 is 0. The van der Waals surface area contributed by atoms with Crippen LogP contribution in [0.5, 0.6) is 0 Å². The number of nitrogens with zero attached hydrogens (tertiary/aromatic N) is 2. The Morgan fingerprint density at radius 2 is 1.95 bits per heavy atom. The minimum absolute atomic E-state index is 0.624. The van der Waals surface area contributed by atoms with Crippen LogP contribution in [-0.2, 0) is 0 Å². The molecule has 0 aromatic heterocycles. The highest BCUT2D eigenvalue weighted by molar-refractivity contribution is 4.82. The van der Waals surface area contributed by atoms with Crippen molar-refractivity contribution in [2.75, 3.05) is 32.7 Å². The monoisotopic (exact) mass is 267 g/mol. The van der Waals surface area contributed by atoms with Crippen LogP contribution in [0.1, 0.15) is 52.9 Å². The van der Waals surface area contributed by atoms with Crippen molar-refractivity contribution in [3.8, 4) is 0 Å². The van der Waals surface area contributed by atoms with Gasteiger partial charge in [-0.05, 0) is 58.8 Å². The van der Waals surface area contributed by atoms with E-state index < -0.39 is 0 Å². The Balaban J connectivity index is 1.58. The quantitative estimate of drug-likeness (QED) is 0.797. The van der Waals surface area contributed by atoms with Crippen LogP contribution in [0, 0.1) is 0 Å². The molecule has 0 aromatic carbocycles. The average molecular weight is 267 g/mol. The predicted molar refractivity (Wildman–Crippen MR) is 82.6 cm³/mol. The van der Waals surface area contributed by atoms with Gasteiger partial charge in [0.15, 0.2) is 0 Å². The largest absolute Gasteiger partial charge is 0.310 e. The summed E-state index contributed by atoms with van der Waals surface area (Å²) in [6.07, 6.45) is 6.93. The summed E-state index contributed by atoms with van der Waals surface area (Å²) in [5.41, 5.74) is 0. The maximum Gasteiger partial charge on any atom is 0.0209 e. The Bertz CT molecular complexity index is 254. The fraction of sp³-hybridized carbons (Fsp3) is 1.00. The van der Waals surface area contributed by atoms with E-state index in [4.69, 9.17) is 0 Å². The van der Waals surface area contributed by atoms with E-state index in [9.17, 15) is 0 Å². The van der Waals surface area contributed by atoms with E-state index in [-0.39, 0.29) is 0 Å². The maximum atomic E-state index is 3.67. The number of nitrogens with one attached hydrogen (secondary N) is 1. The summed E-state index contributed by atoms with van der Waals surface area (Å²) in [7, 11) is 0. The van der Waals surface area contributed by atoms with Gasteiger partial charge in [-0.1, -0.05) is 20.3 Å². The molecule has 0 spiro atoms. The molecule has 19 heavy (non-hydrogen) atoms. The first-order valence-electron chi connectivity index (χ1n) is 8.37. The van der Waals surface area contributed by atoms with Crippen molar-refractivity contribution < 1.29 is 0 Å². The predicted octanol–water partition coefficient (Wildman–Crippen LogP) is 2.32. The second-order valence-electron chi connectivity index (χ2n) is 6.84. The average Bonchev–Trinajstić information content (AvgIpc) is 2.78. The highest BCUT2D eigenvalue weighted by Gasteiger charge is 2.23. The molecule has 2 aliphatic rings. The molecule has 3 heteroatoms. The molecule has 2 heterocycles. The van der Waals surface area contributed by atoms with Crippen LogP contribution in [-0.4, -0.2) is 60.6 Å². The van der Waals surface area contributed by atoms with E-state index in [0.717, 1.165) is 12.1 Å². The minimum Gasteiger partial charge on any atom is -0.310 e. The summed E-state index contributed by atoms with van der Waals surface area (Å²) in [6, 6.07) is 2.18. The van der Waals surface area contributed by atoms with Gasteiger partial charge in [-0.25, -0.2) is 0 Å². The lowest BCUT2D eigenvalue weighted by atomic mass is 10.0. The fourth-order valence-electron chi connectivity index (χ4n) is 3.63. The number of hydrogen-bond acceptors (Lipinski definition) is 3. The molecule has 2 rings (SSSR count). The van der Waals surface area contributed by atoms with E-state index >= 15 is 0 Å². The van der Waals surface area contributed by atoms with Gasteiger partial charge in [0, 0.05) is 24.7 Å². The van der Waals surface area contributed by atoms with E-state index in [1.54, 1.807) is 0 Å². The van der Waals surface area contributed by atoms with Gasteiger partial charge in [-0.2, -0.15) is 0 Å². The zero-order valence-electron chi connectivity index (χ0n) is 13.2. The summed E-state index contributed by atoms with van der Waals surface area (Å²) < 4.78 is 0. The molecule has 2 saturated heterocycles. The highest BCUT2D eigenvalue weighted by atomic mass is 15.2. The number of piperidine rings is 1. The molecule has 0 aliphatic carbocycles. The van der Waals surface area contributed by atoms with Gasteiger partial charge in [0.25, 0.3) is 0 Å². The van der Waals surface area contributed by atoms with Crippen LogP contribution < -0.4 is 5.32 Å². The minimum atomic E-state index is 0.624. The molecular weight excluding hydrogens is 234 g/mol. The smallest absolute Gasteiger partial charge is 0.0209 e. The molecule has 0 saturated carbocycles. The van der Waals surface area contributed by atoms with E-state index in [2.05, 4.69) is 35.9 Å². The Morgan fingerprint density at radius 1 is 1.11 bits per heavy atom. The topological polar surface area (TPSA) is 18.5 Å². The summed E-state index contributed by atoms with van der Waals surface area (Å²) in [4.78, 5) is 5.35. The first kappa shape index (κ1) is 15.3. The Hall–Kier alpha value is -0.120. The van der Waals surface area contributed by atoms with Crippen molar-refractivity contribution in [1.82, 2.24) is 15.1 Å². The molecule has 0 amide bonds. The van der Waals surface area contributed by atoms with Crippen LogP contribution >= 0.6 is 0 Å². The molecule has 0 radical (unpaired) electrons. The fourth-order valence-corrected chi connectivity index (χ4v) is 3.63. The summed E-state index contributed by atoms with van der Waals surface area (Å²) in [5.74, 6) is 0. The van der Waals surface area contributed by atoms with Crippen LogP contribution in [0.25, 0.3) is 0 Å². The molecule has 2 fully saturated rings. The van der Waals surface area contributed by atoms with Crippen molar-refractivity contribution in [2.45, 2.75) is 71.0 Å². The van der Waals surface area contributed by atoms with E-state index in [1.165, 1.54) is 64.8 Å². The third-order valence-electron chi connectivity index (χ3n) is 4.70. The third-order valence-corrected chi connectivity index (χ3v) is 4.70. The van der Waals surface area contributed by atoms with Crippen molar-refractivity contribution in [1.29, 1.82) is 0 Å². The second-order valence-corrected chi connectivity index (χ2v) is 6.84. The molecule has 2 aliphatic heterocycles. The molecule has 1 N–H and O–H groups in total. The zero-order valence-corrected chi connectivity index (χ0v) is 13.2. The van der Waals surface area contributed by atoms with Gasteiger partial charge in [0.2, 0.25) is 0 Å². The number of likely N-dealkylation sites (tertiary alicyclic amines) is 2.